The first-order valence-corrected chi connectivity index (χ1v) is 6.33. The Morgan fingerprint density at radius 1 is 1.24 bits per heavy atom. The Morgan fingerprint density at radius 3 is 2.76 bits per heavy atom. The van der Waals surface area contributed by atoms with E-state index in [4.69, 9.17) is 0 Å². The molecule has 5 nitrogen and oxygen atoms in total. The van der Waals surface area contributed by atoms with Crippen LogP contribution in [-0.2, 0) is 6.54 Å². The third-order valence-corrected chi connectivity index (χ3v) is 3.15. The summed E-state index contributed by atoms with van der Waals surface area (Å²) in [5.41, 5.74) is 1.06. The molecular formula is C15H12FN3O2. The maximum atomic E-state index is 12.9. The minimum atomic E-state index is -0.567. The van der Waals surface area contributed by atoms with Crippen LogP contribution in [0.1, 0.15) is 5.56 Å². The van der Waals surface area contributed by atoms with E-state index >= 15 is 0 Å². The van der Waals surface area contributed by atoms with Crippen LogP contribution in [0.4, 0.5) is 10.1 Å². The third-order valence-electron chi connectivity index (χ3n) is 3.15. The molecule has 0 fully saturated rings. The van der Waals surface area contributed by atoms with Gasteiger partial charge in [-0.1, -0.05) is 12.1 Å². The van der Waals surface area contributed by atoms with Gasteiger partial charge in [0.25, 0.3) is 5.56 Å². The van der Waals surface area contributed by atoms with Gasteiger partial charge in [-0.3, -0.25) is 4.79 Å². The first-order valence-electron chi connectivity index (χ1n) is 6.33. The highest BCUT2D eigenvalue weighted by atomic mass is 19.1. The van der Waals surface area contributed by atoms with Gasteiger partial charge in [0.15, 0.2) is 5.65 Å². The summed E-state index contributed by atoms with van der Waals surface area (Å²) in [5.74, 6) is -0.295. The fourth-order valence-electron chi connectivity index (χ4n) is 2.09. The van der Waals surface area contributed by atoms with Crippen molar-refractivity contribution in [2.24, 2.45) is 0 Å². The van der Waals surface area contributed by atoms with Crippen LogP contribution in [0.2, 0.25) is 0 Å². The second-order valence-corrected chi connectivity index (χ2v) is 4.56. The Balaban J connectivity index is 1.95. The predicted molar refractivity (Wildman–Crippen MR) is 76.9 cm³/mol. The van der Waals surface area contributed by atoms with Crippen LogP contribution in [0.25, 0.3) is 11.0 Å². The van der Waals surface area contributed by atoms with E-state index in [-0.39, 0.29) is 11.5 Å². The topological polar surface area (TPSA) is 67.2 Å². The summed E-state index contributed by atoms with van der Waals surface area (Å²) >= 11 is 0. The molecular weight excluding hydrogens is 273 g/mol. The van der Waals surface area contributed by atoms with Crippen molar-refractivity contribution in [1.82, 2.24) is 9.71 Å². The molecule has 0 aliphatic heterocycles. The van der Waals surface area contributed by atoms with Gasteiger partial charge in [0, 0.05) is 24.2 Å². The van der Waals surface area contributed by atoms with E-state index in [1.165, 1.54) is 24.4 Å². The van der Waals surface area contributed by atoms with Crippen LogP contribution in [-0.4, -0.2) is 14.9 Å². The Bertz CT molecular complexity index is 844. The number of hydrogen-bond acceptors (Lipinski definition) is 4. The lowest BCUT2D eigenvalue weighted by atomic mass is 10.2. The molecule has 0 amide bonds. The van der Waals surface area contributed by atoms with Crippen molar-refractivity contribution in [3.63, 3.8) is 0 Å². The molecule has 0 unspecified atom stereocenters. The zero-order valence-electron chi connectivity index (χ0n) is 11.0. The fraction of sp³-hybridized carbons (Fsp3) is 0.0667. The first-order chi connectivity index (χ1) is 10.1. The zero-order chi connectivity index (χ0) is 14.8. The largest absolute Gasteiger partial charge is 0.423 e. The smallest absolute Gasteiger partial charge is 0.286 e. The SMILES string of the molecule is O=c1cc(NCc2ccc(F)cc2)c2cccnc2n1O. The molecule has 0 saturated carbocycles. The van der Waals surface area contributed by atoms with Crippen LogP contribution < -0.4 is 10.9 Å². The summed E-state index contributed by atoms with van der Waals surface area (Å²) < 4.78 is 13.4. The van der Waals surface area contributed by atoms with Crippen molar-refractivity contribution in [2.45, 2.75) is 6.54 Å². The average molecular weight is 285 g/mol. The summed E-state index contributed by atoms with van der Waals surface area (Å²) in [6.07, 6.45) is 1.50. The molecule has 3 aromatic rings. The number of anilines is 1. The van der Waals surface area contributed by atoms with Crippen LogP contribution in [0.15, 0.2) is 53.5 Å². The van der Waals surface area contributed by atoms with E-state index in [0.29, 0.717) is 22.3 Å². The Morgan fingerprint density at radius 2 is 2.00 bits per heavy atom. The van der Waals surface area contributed by atoms with Crippen molar-refractivity contribution in [2.75, 3.05) is 5.32 Å². The van der Waals surface area contributed by atoms with Gasteiger partial charge in [-0.15, -0.1) is 4.73 Å². The molecule has 0 atom stereocenters. The van der Waals surface area contributed by atoms with E-state index in [9.17, 15) is 14.4 Å². The van der Waals surface area contributed by atoms with Gasteiger partial charge < -0.3 is 10.5 Å². The molecule has 21 heavy (non-hydrogen) atoms. The number of nitrogens with one attached hydrogen (secondary N) is 1. The van der Waals surface area contributed by atoms with E-state index in [1.807, 2.05) is 0 Å². The van der Waals surface area contributed by atoms with Crippen molar-refractivity contribution in [3.05, 3.63) is 70.4 Å². The molecule has 0 spiro atoms. The standard InChI is InChI=1S/C15H12FN3O2/c16-11-5-3-10(4-6-11)9-18-13-8-14(20)19(21)15-12(13)2-1-7-17-15/h1-8,18,21H,9H2. The number of rotatable bonds is 3. The van der Waals surface area contributed by atoms with E-state index < -0.39 is 5.56 Å². The maximum Gasteiger partial charge on any atom is 0.286 e. The van der Waals surface area contributed by atoms with Crippen LogP contribution in [0.3, 0.4) is 0 Å². The molecule has 0 radical (unpaired) electrons. The zero-order valence-corrected chi connectivity index (χ0v) is 11.0. The lowest BCUT2D eigenvalue weighted by Crippen LogP contribution is -2.19. The van der Waals surface area contributed by atoms with Gasteiger partial charge in [0.1, 0.15) is 5.82 Å². The normalized spacial score (nSPS) is 10.7. The number of pyridine rings is 2. The molecule has 1 aromatic carbocycles. The summed E-state index contributed by atoms with van der Waals surface area (Å²) in [4.78, 5) is 15.7. The van der Waals surface area contributed by atoms with Gasteiger partial charge in [-0.05, 0) is 29.8 Å². The van der Waals surface area contributed by atoms with Gasteiger partial charge in [0.05, 0.1) is 5.69 Å². The highest BCUT2D eigenvalue weighted by Crippen LogP contribution is 2.19. The molecule has 2 N–H and O–H groups in total. The monoisotopic (exact) mass is 285 g/mol. The van der Waals surface area contributed by atoms with Gasteiger partial charge >= 0.3 is 0 Å². The molecule has 0 aliphatic rings. The van der Waals surface area contributed by atoms with Gasteiger partial charge in [0.2, 0.25) is 0 Å². The van der Waals surface area contributed by atoms with Crippen LogP contribution >= 0.6 is 0 Å². The minimum absolute atomic E-state index is 0.187. The van der Waals surface area contributed by atoms with Crippen molar-refractivity contribution in [1.29, 1.82) is 0 Å². The fourth-order valence-corrected chi connectivity index (χ4v) is 2.09. The number of fused-ring (bicyclic) bond motifs is 1. The quantitative estimate of drug-likeness (QED) is 0.725. The molecule has 0 aliphatic carbocycles. The summed E-state index contributed by atoms with van der Waals surface area (Å²) in [5, 5.41) is 13.4. The lowest BCUT2D eigenvalue weighted by Gasteiger charge is -2.10. The Hall–Kier alpha value is -2.89. The van der Waals surface area contributed by atoms with E-state index in [1.54, 1.807) is 24.3 Å². The number of benzene rings is 1. The van der Waals surface area contributed by atoms with Crippen molar-refractivity contribution in [3.8, 4) is 0 Å². The van der Waals surface area contributed by atoms with E-state index in [0.717, 1.165) is 5.56 Å². The summed E-state index contributed by atoms with van der Waals surface area (Å²) in [6, 6.07) is 10.8. The average Bonchev–Trinajstić information content (AvgIpc) is 2.51. The molecule has 0 bridgehead atoms. The van der Waals surface area contributed by atoms with Crippen molar-refractivity contribution >= 4 is 16.7 Å². The molecule has 0 saturated heterocycles. The van der Waals surface area contributed by atoms with Crippen LogP contribution in [0.5, 0.6) is 0 Å². The van der Waals surface area contributed by atoms with E-state index in [2.05, 4.69) is 10.3 Å². The number of aromatic nitrogens is 2. The molecule has 2 aromatic heterocycles. The van der Waals surface area contributed by atoms with Crippen molar-refractivity contribution < 1.29 is 9.60 Å². The molecule has 3 rings (SSSR count). The van der Waals surface area contributed by atoms with Gasteiger partial charge in [-0.25, -0.2) is 9.37 Å². The van der Waals surface area contributed by atoms with Crippen LogP contribution in [0, 0.1) is 5.82 Å². The number of hydrogen-bond donors (Lipinski definition) is 2. The number of halogens is 1. The minimum Gasteiger partial charge on any atom is -0.423 e. The maximum absolute atomic E-state index is 12.9. The summed E-state index contributed by atoms with van der Waals surface area (Å²) in [7, 11) is 0. The molecule has 106 valence electrons. The highest BCUT2D eigenvalue weighted by Gasteiger charge is 2.08. The second-order valence-electron chi connectivity index (χ2n) is 4.56. The Kier molecular flexibility index (Phi) is 3.27. The first kappa shape index (κ1) is 13.1. The second kappa shape index (κ2) is 5.24. The number of nitrogens with zero attached hydrogens (tertiary/aromatic N) is 2. The van der Waals surface area contributed by atoms with Gasteiger partial charge in [-0.2, -0.15) is 0 Å². The molecule has 6 heteroatoms. The lowest BCUT2D eigenvalue weighted by molar-refractivity contribution is 0.187. The Labute approximate surface area is 119 Å². The summed E-state index contributed by atoms with van der Waals surface area (Å²) in [6.45, 7) is 0.430. The molecule has 2 heterocycles. The highest BCUT2D eigenvalue weighted by molar-refractivity contribution is 5.88. The predicted octanol–water partition coefficient (Wildman–Crippen LogP) is 2.38. The third kappa shape index (κ3) is 2.55.